The van der Waals surface area contributed by atoms with E-state index in [2.05, 4.69) is 10.4 Å². The van der Waals surface area contributed by atoms with Crippen LogP contribution in [0.4, 0.5) is 4.39 Å². The summed E-state index contributed by atoms with van der Waals surface area (Å²) in [5.74, 6) is -0.376. The van der Waals surface area contributed by atoms with Crippen LogP contribution < -0.4 is 5.32 Å². The number of benzene rings is 1. The first-order chi connectivity index (χ1) is 16.0. The van der Waals surface area contributed by atoms with E-state index in [-0.39, 0.29) is 29.6 Å². The zero-order chi connectivity index (χ0) is 22.9. The van der Waals surface area contributed by atoms with E-state index < -0.39 is 0 Å². The highest BCUT2D eigenvalue weighted by Gasteiger charge is 2.31. The van der Waals surface area contributed by atoms with Gasteiger partial charge in [-0.3, -0.25) is 9.59 Å². The van der Waals surface area contributed by atoms with Crippen LogP contribution in [0.1, 0.15) is 60.3 Å². The summed E-state index contributed by atoms with van der Waals surface area (Å²) >= 11 is 1.40. The molecule has 8 heteroatoms. The highest BCUT2D eigenvalue weighted by Crippen LogP contribution is 2.32. The van der Waals surface area contributed by atoms with E-state index in [0.717, 1.165) is 47.3 Å². The molecule has 6 nitrogen and oxygen atoms in total. The van der Waals surface area contributed by atoms with Gasteiger partial charge in [0.2, 0.25) is 5.91 Å². The number of carbonyl (C=O) groups excluding carboxylic acids is 2. The number of hydrogen-bond donors (Lipinski definition) is 1. The van der Waals surface area contributed by atoms with Crippen molar-refractivity contribution >= 4 is 33.4 Å². The van der Waals surface area contributed by atoms with Crippen molar-refractivity contribution in [3.05, 3.63) is 46.7 Å². The third-order valence-electron chi connectivity index (χ3n) is 6.86. The number of carbonyl (C=O) groups is 2. The fourth-order valence-corrected chi connectivity index (χ4v) is 6.16. The number of rotatable bonds is 4. The Labute approximate surface area is 196 Å². The van der Waals surface area contributed by atoms with Gasteiger partial charge in [0.1, 0.15) is 10.6 Å². The molecular weight excluding hydrogens is 439 g/mol. The second-order valence-corrected chi connectivity index (χ2v) is 10.3. The molecule has 1 aliphatic heterocycles. The molecule has 1 aromatic carbocycles. The van der Waals surface area contributed by atoms with Crippen LogP contribution in [0.15, 0.2) is 30.3 Å². The van der Waals surface area contributed by atoms with Crippen molar-refractivity contribution in [2.45, 2.75) is 57.9 Å². The number of likely N-dealkylation sites (tertiary alicyclic amines) is 1. The molecule has 174 valence electrons. The van der Waals surface area contributed by atoms with Gasteiger partial charge < -0.3 is 10.2 Å². The highest BCUT2D eigenvalue weighted by atomic mass is 32.1. The van der Waals surface area contributed by atoms with Crippen LogP contribution in [0.3, 0.4) is 0 Å². The number of hydrogen-bond acceptors (Lipinski definition) is 4. The lowest BCUT2D eigenvalue weighted by Crippen LogP contribution is -2.47. The van der Waals surface area contributed by atoms with E-state index in [1.54, 1.807) is 16.8 Å². The van der Waals surface area contributed by atoms with Crippen LogP contribution in [0.25, 0.3) is 15.9 Å². The number of piperidine rings is 1. The molecule has 1 atom stereocenters. The maximum atomic E-state index is 13.4. The third kappa shape index (κ3) is 4.53. The van der Waals surface area contributed by atoms with Gasteiger partial charge in [-0.15, -0.1) is 11.3 Å². The first-order valence-corrected chi connectivity index (χ1v) is 12.7. The third-order valence-corrected chi connectivity index (χ3v) is 7.96. The van der Waals surface area contributed by atoms with Crippen LogP contribution in [-0.2, 0) is 4.79 Å². The lowest BCUT2D eigenvalue weighted by atomic mass is 9.93. The Kier molecular flexibility index (Phi) is 6.19. The average Bonchev–Trinajstić information content (AvgIpc) is 3.40. The maximum absolute atomic E-state index is 13.4. The quantitative estimate of drug-likeness (QED) is 0.596. The topological polar surface area (TPSA) is 67.2 Å². The predicted octanol–water partition coefficient (Wildman–Crippen LogP) is 4.84. The molecular formula is C25H29FN4O2S. The van der Waals surface area contributed by atoms with E-state index in [4.69, 9.17) is 0 Å². The summed E-state index contributed by atoms with van der Waals surface area (Å²) in [6.07, 6.45) is 7.41. The van der Waals surface area contributed by atoms with E-state index >= 15 is 0 Å². The maximum Gasteiger partial charge on any atom is 0.264 e. The fourth-order valence-electron chi connectivity index (χ4n) is 5.01. The number of aromatic nitrogens is 2. The Bertz CT molecular complexity index is 1160. The molecule has 5 rings (SSSR count). The molecule has 1 saturated heterocycles. The molecule has 2 aromatic heterocycles. The molecule has 2 amide bonds. The van der Waals surface area contributed by atoms with E-state index in [1.165, 1.54) is 42.7 Å². The van der Waals surface area contributed by atoms with E-state index in [1.807, 2.05) is 17.9 Å². The summed E-state index contributed by atoms with van der Waals surface area (Å²) in [5, 5.41) is 8.74. The van der Waals surface area contributed by atoms with E-state index in [0.29, 0.717) is 18.0 Å². The molecule has 33 heavy (non-hydrogen) atoms. The summed E-state index contributed by atoms with van der Waals surface area (Å²) in [4.78, 5) is 29.5. The van der Waals surface area contributed by atoms with Gasteiger partial charge >= 0.3 is 0 Å². The van der Waals surface area contributed by atoms with Gasteiger partial charge in [-0.2, -0.15) is 5.10 Å². The van der Waals surface area contributed by atoms with Crippen molar-refractivity contribution < 1.29 is 14.0 Å². The minimum absolute atomic E-state index is 0.0311. The fraction of sp³-hybridized carbons (Fsp3) is 0.480. The lowest BCUT2D eigenvalue weighted by molar-refractivity contribution is -0.127. The van der Waals surface area contributed by atoms with Gasteiger partial charge in [-0.1, -0.05) is 19.3 Å². The second-order valence-electron chi connectivity index (χ2n) is 9.24. The van der Waals surface area contributed by atoms with E-state index in [9.17, 15) is 14.0 Å². The molecule has 2 fully saturated rings. The molecule has 1 unspecified atom stereocenters. The molecule has 0 radical (unpaired) electrons. The smallest absolute Gasteiger partial charge is 0.264 e. The average molecular weight is 469 g/mol. The zero-order valence-electron chi connectivity index (χ0n) is 18.8. The van der Waals surface area contributed by atoms with Crippen molar-refractivity contribution in [1.82, 2.24) is 20.0 Å². The second kappa shape index (κ2) is 9.25. The Balaban J connectivity index is 1.32. The van der Waals surface area contributed by atoms with Crippen molar-refractivity contribution in [2.24, 2.45) is 5.92 Å². The molecule has 1 saturated carbocycles. The first kappa shape index (κ1) is 22.1. The van der Waals surface area contributed by atoms with Gasteiger partial charge in [0.15, 0.2) is 0 Å². The predicted molar refractivity (Wildman–Crippen MR) is 127 cm³/mol. The van der Waals surface area contributed by atoms with Crippen LogP contribution in [-0.4, -0.2) is 45.6 Å². The van der Waals surface area contributed by atoms with Crippen molar-refractivity contribution in [2.75, 3.05) is 13.1 Å². The minimum Gasteiger partial charge on any atom is -0.353 e. The summed E-state index contributed by atoms with van der Waals surface area (Å²) in [7, 11) is 0. The number of amides is 2. The Hall–Kier alpha value is -2.74. The number of nitrogens with zero attached hydrogens (tertiary/aromatic N) is 3. The number of thiophene rings is 1. The van der Waals surface area contributed by atoms with Crippen molar-refractivity contribution in [3.63, 3.8) is 0 Å². The van der Waals surface area contributed by atoms with Crippen LogP contribution >= 0.6 is 11.3 Å². The lowest BCUT2D eigenvalue weighted by Gasteiger charge is -2.33. The standard InChI is InChI=1S/C25H29FN4O2S/c1-16-21-14-22(33-25(21)30(28-16)20-11-9-18(26)10-12-20)24(32)29-13-5-6-17(15-29)23(31)27-19-7-3-2-4-8-19/h9-12,14,17,19H,2-8,13,15H2,1H3,(H,27,31). The molecule has 0 bridgehead atoms. The number of halogens is 1. The molecule has 1 aliphatic carbocycles. The summed E-state index contributed by atoms with van der Waals surface area (Å²) in [5.41, 5.74) is 1.58. The Morgan fingerprint density at radius 1 is 1.09 bits per heavy atom. The van der Waals surface area contributed by atoms with Crippen molar-refractivity contribution in [1.29, 1.82) is 0 Å². The molecule has 1 N–H and O–H groups in total. The van der Waals surface area contributed by atoms with Gasteiger partial charge in [-0.25, -0.2) is 9.07 Å². The number of nitrogens with one attached hydrogen (secondary N) is 1. The van der Waals surface area contributed by atoms with Gasteiger partial charge in [0.25, 0.3) is 5.91 Å². The SMILES string of the molecule is Cc1nn(-c2ccc(F)cc2)c2sc(C(=O)N3CCCC(C(=O)NC4CCCCC4)C3)cc12. The summed E-state index contributed by atoms with van der Waals surface area (Å²) < 4.78 is 15.1. The molecule has 2 aliphatic rings. The monoisotopic (exact) mass is 468 g/mol. The van der Waals surface area contributed by atoms with Gasteiger partial charge in [-0.05, 0) is 62.9 Å². The number of fused-ring (bicyclic) bond motifs is 1. The molecule has 0 spiro atoms. The van der Waals surface area contributed by atoms with Gasteiger partial charge in [0.05, 0.1) is 22.2 Å². The number of aryl methyl sites for hydroxylation is 1. The molecule has 3 heterocycles. The van der Waals surface area contributed by atoms with Crippen LogP contribution in [0.2, 0.25) is 0 Å². The largest absolute Gasteiger partial charge is 0.353 e. The summed E-state index contributed by atoms with van der Waals surface area (Å²) in [6.45, 7) is 3.05. The van der Waals surface area contributed by atoms with Crippen molar-refractivity contribution in [3.8, 4) is 5.69 Å². The zero-order valence-corrected chi connectivity index (χ0v) is 19.7. The normalized spacial score (nSPS) is 19.7. The first-order valence-electron chi connectivity index (χ1n) is 11.8. The Morgan fingerprint density at radius 3 is 2.61 bits per heavy atom. The minimum atomic E-state index is -0.298. The van der Waals surface area contributed by atoms with Crippen LogP contribution in [0.5, 0.6) is 0 Å². The van der Waals surface area contributed by atoms with Crippen LogP contribution in [0, 0.1) is 18.7 Å². The molecule has 3 aromatic rings. The Morgan fingerprint density at radius 2 is 1.85 bits per heavy atom. The highest BCUT2D eigenvalue weighted by molar-refractivity contribution is 7.20. The van der Waals surface area contributed by atoms with Gasteiger partial charge in [0, 0.05) is 24.5 Å². The summed E-state index contributed by atoms with van der Waals surface area (Å²) in [6, 6.07) is 8.37.